The van der Waals surface area contributed by atoms with Gasteiger partial charge in [0.1, 0.15) is 5.82 Å². The third-order valence-corrected chi connectivity index (χ3v) is 6.14. The number of halogens is 1. The molecule has 3 heterocycles. The average Bonchev–Trinajstić information content (AvgIpc) is 3.40. The summed E-state index contributed by atoms with van der Waals surface area (Å²) in [6, 6.07) is 12.5. The van der Waals surface area contributed by atoms with Crippen LogP contribution in [0.1, 0.15) is 23.6 Å². The van der Waals surface area contributed by atoms with Crippen molar-refractivity contribution in [2.75, 3.05) is 26.4 Å². The molecule has 0 unspecified atom stereocenters. The Kier molecular flexibility index (Phi) is 4.43. The maximum atomic E-state index is 13.8. The van der Waals surface area contributed by atoms with E-state index in [2.05, 4.69) is 5.32 Å². The first kappa shape index (κ1) is 17.5. The number of nitrogens with zero attached hydrogens (tertiary/aromatic N) is 1. The summed E-state index contributed by atoms with van der Waals surface area (Å²) in [6.07, 6.45) is 1.08. The first-order chi connectivity index (χ1) is 13.7. The van der Waals surface area contributed by atoms with Crippen molar-refractivity contribution in [1.29, 1.82) is 0 Å². The molecule has 0 spiro atoms. The number of carbonyl (C=O) groups excluding carboxylic acids is 1. The number of amides is 1. The lowest BCUT2D eigenvalue weighted by Gasteiger charge is -2.28. The van der Waals surface area contributed by atoms with Gasteiger partial charge in [0.05, 0.1) is 6.04 Å². The summed E-state index contributed by atoms with van der Waals surface area (Å²) in [7, 11) is 0. The molecule has 2 saturated heterocycles. The van der Waals surface area contributed by atoms with Gasteiger partial charge in [-0.3, -0.25) is 4.79 Å². The maximum Gasteiger partial charge on any atom is 0.231 e. The predicted molar refractivity (Wildman–Crippen MR) is 102 cm³/mol. The van der Waals surface area contributed by atoms with E-state index in [-0.39, 0.29) is 24.6 Å². The lowest BCUT2D eigenvalue weighted by Crippen LogP contribution is -2.34. The predicted octanol–water partition coefficient (Wildman–Crippen LogP) is 2.91. The van der Waals surface area contributed by atoms with Crippen LogP contribution in [-0.4, -0.2) is 37.2 Å². The molecule has 2 aromatic rings. The number of benzene rings is 2. The van der Waals surface area contributed by atoms with Gasteiger partial charge in [-0.05, 0) is 47.7 Å². The van der Waals surface area contributed by atoms with Gasteiger partial charge in [-0.1, -0.05) is 18.2 Å². The quantitative estimate of drug-likeness (QED) is 0.884. The molecule has 0 radical (unpaired) electrons. The van der Waals surface area contributed by atoms with E-state index in [4.69, 9.17) is 9.47 Å². The lowest BCUT2D eigenvalue weighted by molar-refractivity contribution is -0.132. The molecule has 5 rings (SSSR count). The Morgan fingerprint density at radius 2 is 2.04 bits per heavy atom. The van der Waals surface area contributed by atoms with Gasteiger partial charge in [0.25, 0.3) is 0 Å². The van der Waals surface area contributed by atoms with E-state index < -0.39 is 0 Å². The van der Waals surface area contributed by atoms with Crippen LogP contribution in [0.15, 0.2) is 42.5 Å². The van der Waals surface area contributed by atoms with E-state index in [0.29, 0.717) is 24.7 Å². The normalized spacial score (nSPS) is 25.2. The molecular weight excluding hydrogens is 359 g/mol. The van der Waals surface area contributed by atoms with Gasteiger partial charge in [0.2, 0.25) is 12.7 Å². The van der Waals surface area contributed by atoms with Crippen LogP contribution in [0.4, 0.5) is 4.39 Å². The number of likely N-dealkylation sites (tertiary alicyclic amines) is 1. The van der Waals surface area contributed by atoms with Gasteiger partial charge in [-0.25, -0.2) is 4.39 Å². The van der Waals surface area contributed by atoms with Crippen molar-refractivity contribution in [2.45, 2.75) is 18.9 Å². The van der Waals surface area contributed by atoms with Crippen LogP contribution in [0.5, 0.6) is 11.5 Å². The molecule has 0 bridgehead atoms. The zero-order valence-corrected chi connectivity index (χ0v) is 15.6. The number of hydrogen-bond acceptors (Lipinski definition) is 4. The van der Waals surface area contributed by atoms with E-state index >= 15 is 0 Å². The van der Waals surface area contributed by atoms with Crippen molar-refractivity contribution in [3.05, 3.63) is 59.4 Å². The van der Waals surface area contributed by atoms with Crippen molar-refractivity contribution in [1.82, 2.24) is 10.2 Å². The van der Waals surface area contributed by atoms with Crippen LogP contribution in [0.3, 0.4) is 0 Å². The molecule has 3 atom stereocenters. The third kappa shape index (κ3) is 3.11. The second kappa shape index (κ2) is 7.09. The summed E-state index contributed by atoms with van der Waals surface area (Å²) in [4.78, 5) is 15.1. The average molecular weight is 382 g/mol. The molecule has 0 aliphatic carbocycles. The minimum Gasteiger partial charge on any atom is -0.454 e. The van der Waals surface area contributed by atoms with Crippen molar-refractivity contribution in [3.8, 4) is 11.5 Å². The van der Waals surface area contributed by atoms with Gasteiger partial charge in [0, 0.05) is 32.0 Å². The summed E-state index contributed by atoms with van der Waals surface area (Å²) in [5, 5.41) is 3.42. The smallest absolute Gasteiger partial charge is 0.231 e. The number of rotatable bonds is 4. The largest absolute Gasteiger partial charge is 0.454 e. The van der Waals surface area contributed by atoms with Crippen LogP contribution in [0, 0.1) is 17.7 Å². The Labute approximate surface area is 163 Å². The van der Waals surface area contributed by atoms with Crippen molar-refractivity contribution in [3.63, 3.8) is 0 Å². The summed E-state index contributed by atoms with van der Waals surface area (Å²) < 4.78 is 24.6. The summed E-state index contributed by atoms with van der Waals surface area (Å²) in [5.41, 5.74) is 1.95. The van der Waals surface area contributed by atoms with Gasteiger partial charge in [0.15, 0.2) is 11.5 Å². The minimum atomic E-state index is -0.250. The molecule has 146 valence electrons. The standard InChI is InChI=1S/C22H23FN2O3/c23-17-3-1-2-15(9-17)22-18-11-24-10-16(18)12-25(22)21(26)7-5-14-4-6-19-20(8-14)28-13-27-19/h1-4,6,8-9,16,18,22,24H,5,7,10-13H2/t16-,18-,22+/m0/s1. The number of hydrogen-bond donors (Lipinski definition) is 1. The van der Waals surface area contributed by atoms with E-state index in [1.165, 1.54) is 6.07 Å². The fraction of sp³-hybridized carbons (Fsp3) is 0.409. The molecule has 28 heavy (non-hydrogen) atoms. The topological polar surface area (TPSA) is 50.8 Å². The highest BCUT2D eigenvalue weighted by Crippen LogP contribution is 2.43. The second-order valence-electron chi connectivity index (χ2n) is 7.82. The molecule has 1 amide bonds. The highest BCUT2D eigenvalue weighted by molar-refractivity contribution is 5.77. The van der Waals surface area contributed by atoms with E-state index in [0.717, 1.165) is 42.3 Å². The molecule has 0 saturated carbocycles. The lowest BCUT2D eigenvalue weighted by atomic mass is 9.89. The molecule has 3 aliphatic rings. The molecular formula is C22H23FN2O3. The van der Waals surface area contributed by atoms with E-state index in [9.17, 15) is 9.18 Å². The first-order valence-electron chi connectivity index (χ1n) is 9.83. The highest BCUT2D eigenvalue weighted by atomic mass is 19.1. The van der Waals surface area contributed by atoms with Crippen LogP contribution < -0.4 is 14.8 Å². The van der Waals surface area contributed by atoms with Crippen LogP contribution in [0.2, 0.25) is 0 Å². The molecule has 3 aliphatic heterocycles. The molecule has 2 fully saturated rings. The van der Waals surface area contributed by atoms with E-state index in [1.807, 2.05) is 29.2 Å². The third-order valence-electron chi connectivity index (χ3n) is 6.14. The first-order valence-corrected chi connectivity index (χ1v) is 9.83. The Morgan fingerprint density at radius 1 is 1.14 bits per heavy atom. The van der Waals surface area contributed by atoms with Crippen molar-refractivity contribution < 1.29 is 18.7 Å². The zero-order valence-electron chi connectivity index (χ0n) is 15.6. The SMILES string of the molecule is O=C(CCc1ccc2c(c1)OCO2)N1C[C@@H]2CNC[C@@H]2[C@H]1c1cccc(F)c1. The molecule has 6 heteroatoms. The fourth-order valence-electron chi connectivity index (χ4n) is 4.79. The fourth-order valence-corrected chi connectivity index (χ4v) is 4.79. The molecule has 0 aromatic heterocycles. The number of fused-ring (bicyclic) bond motifs is 2. The molecule has 1 N–H and O–H groups in total. The summed E-state index contributed by atoms with van der Waals surface area (Å²) >= 11 is 0. The van der Waals surface area contributed by atoms with Gasteiger partial charge >= 0.3 is 0 Å². The summed E-state index contributed by atoms with van der Waals surface area (Å²) in [6.45, 7) is 2.77. The molecule has 5 nitrogen and oxygen atoms in total. The number of nitrogens with one attached hydrogen (secondary N) is 1. The number of aryl methyl sites for hydroxylation is 1. The zero-order chi connectivity index (χ0) is 19.1. The number of ether oxygens (including phenoxy) is 2. The minimum absolute atomic E-state index is 0.0556. The highest BCUT2D eigenvalue weighted by Gasteiger charge is 2.46. The van der Waals surface area contributed by atoms with Gasteiger partial charge < -0.3 is 19.7 Å². The Morgan fingerprint density at radius 3 is 2.93 bits per heavy atom. The van der Waals surface area contributed by atoms with Crippen LogP contribution in [0.25, 0.3) is 0 Å². The maximum absolute atomic E-state index is 13.8. The van der Waals surface area contributed by atoms with Gasteiger partial charge in [-0.15, -0.1) is 0 Å². The number of carbonyl (C=O) groups is 1. The van der Waals surface area contributed by atoms with E-state index in [1.54, 1.807) is 12.1 Å². The second-order valence-corrected chi connectivity index (χ2v) is 7.82. The Balaban J connectivity index is 1.32. The van der Waals surface area contributed by atoms with Crippen molar-refractivity contribution >= 4 is 5.91 Å². The van der Waals surface area contributed by atoms with Crippen LogP contribution in [-0.2, 0) is 11.2 Å². The van der Waals surface area contributed by atoms with Crippen LogP contribution >= 0.6 is 0 Å². The monoisotopic (exact) mass is 382 g/mol. The Bertz CT molecular complexity index is 903. The molecule has 2 aromatic carbocycles. The summed E-state index contributed by atoms with van der Waals surface area (Å²) in [5.74, 6) is 2.14. The van der Waals surface area contributed by atoms with Gasteiger partial charge in [-0.2, -0.15) is 0 Å². The van der Waals surface area contributed by atoms with Crippen molar-refractivity contribution in [2.24, 2.45) is 11.8 Å². The Hall–Kier alpha value is -2.60.